The van der Waals surface area contributed by atoms with Gasteiger partial charge >= 0.3 is 29.8 Å². The van der Waals surface area contributed by atoms with Gasteiger partial charge in [0.25, 0.3) is 0 Å². The van der Waals surface area contributed by atoms with E-state index >= 15 is 0 Å². The maximum atomic E-state index is 12.4. The molecule has 0 saturated heterocycles. The molecule has 0 radical (unpaired) electrons. The van der Waals surface area contributed by atoms with Gasteiger partial charge in [-0.1, -0.05) is 41.0 Å². The van der Waals surface area contributed by atoms with Crippen LogP contribution in [-0.2, 0) is 47.7 Å². The van der Waals surface area contributed by atoms with Crippen LogP contribution >= 0.6 is 0 Å². The van der Waals surface area contributed by atoms with Crippen molar-refractivity contribution >= 4 is 29.8 Å². The summed E-state index contributed by atoms with van der Waals surface area (Å²) in [6.45, 7) is 29.0. The second-order valence-corrected chi connectivity index (χ2v) is 41.0. The number of methoxy groups -OCH3 is 1. The molecule has 0 aromatic heterocycles. The molecule has 17 atom stereocenters. The van der Waals surface area contributed by atoms with Crippen LogP contribution in [0.1, 0.15) is 309 Å². The summed E-state index contributed by atoms with van der Waals surface area (Å²) in [6.07, 6.45) is 26.4. The van der Waals surface area contributed by atoms with E-state index in [-0.39, 0.29) is 89.8 Å². The van der Waals surface area contributed by atoms with Crippen molar-refractivity contribution in [3.05, 3.63) is 0 Å². The third-order valence-electron chi connectivity index (χ3n) is 30.5. The molecule has 18 nitrogen and oxygen atoms in total. The fraction of sp³-hybridized carbons (Fsp3) is 0.940. The highest BCUT2D eigenvalue weighted by Gasteiger charge is 2.71. The molecule has 19 saturated carbocycles. The highest BCUT2D eigenvalue weighted by molar-refractivity contribution is 5.78. The zero-order valence-electron chi connectivity index (χ0n) is 65.0. The SMILES string of the molecule is CCC(C)(C)C(=O)OC.CCC(C)(C)C(=O)OC12CC3(O)CC(O)(CC(O)(C3)C1)C2.CCC(C)(C)C(=O)OC12CC3CC(CC(O)(C3)C1)C2.CCC(C)(C)C(=O)OC12CC3CC(O)(CC(O)(C3)C1)C2.CCC(C)(C)C(=O)OC1CC2CC1C1C3CC(O)C(C3)C21.OC1CC2CC1C1CCCC21. The standard InChI is InChI=1S/C18H28O3.C16H26O5.C16H26O4.C16H26O3.C10H16O.C7H14O2/c1-4-18(2,3)17(20)21-14-8-10-6-12(14)16-9-5-11(15(10)16)13(19)7-9;1-4-12(2,3)11(17)21-16-8-13(18)5-14(19,9-16)7-15(20,6-13)10-16;1-4-13(2,3)12(17)20-16-7-11-5-14(18,9-16)8-15(19,6-11)10-16;1-4-14(2,3)13(17)19-16-8-11-5-12(9-16)7-15(18,6-11)10-16;11-10-5-6-4-9(10)8-3-1-2-7(6)8;1-5-7(2,3)6(8)9-4/h9-16,19H,4-8H2,1-3H3;18-20H,4-10H2,1-3H3;11,18-19H,4-10H2,1-3H3;11-12,18H,4-10H2,1-3H3;6-11H,1-5H2;5H2,1-4H3. The zero-order chi connectivity index (χ0) is 74.3. The second-order valence-electron chi connectivity index (χ2n) is 41.0. The second kappa shape index (κ2) is 27.3. The van der Waals surface area contributed by atoms with Crippen molar-refractivity contribution < 1.29 is 88.5 Å². The number of carbonyl (C=O) groups excluding carboxylic acids is 5. The number of aliphatic hydroxyl groups is 8. The predicted molar refractivity (Wildman–Crippen MR) is 380 cm³/mol. The number of rotatable bonds is 14. The molecular weight excluding hydrogens is 1280 g/mol. The first-order valence-electron chi connectivity index (χ1n) is 40.3. The van der Waals surface area contributed by atoms with Crippen molar-refractivity contribution in [2.75, 3.05) is 7.11 Å². The zero-order valence-corrected chi connectivity index (χ0v) is 65.0. The number of fused-ring (bicyclic) bond motifs is 14. The van der Waals surface area contributed by atoms with Crippen LogP contribution in [0.15, 0.2) is 0 Å². The first kappa shape index (κ1) is 79.1. The molecule has 17 unspecified atom stereocenters. The number of aliphatic hydroxyl groups excluding tert-OH is 2. The molecule has 8 N–H and O–H groups in total. The minimum Gasteiger partial charge on any atom is -0.469 e. The van der Waals surface area contributed by atoms with E-state index in [0.29, 0.717) is 92.8 Å². The first-order chi connectivity index (χ1) is 46.6. The normalized spacial score (nSPS) is 45.7. The largest absolute Gasteiger partial charge is 0.469 e. The van der Waals surface area contributed by atoms with Crippen molar-refractivity contribution in [3.8, 4) is 0 Å². The predicted octanol–water partition coefficient (Wildman–Crippen LogP) is 12.9. The number of esters is 5. The molecule has 19 aliphatic rings. The van der Waals surface area contributed by atoms with Crippen LogP contribution in [-0.4, -0.2) is 147 Å². The van der Waals surface area contributed by atoms with Crippen molar-refractivity contribution in [2.45, 2.75) is 378 Å². The molecule has 576 valence electrons. The molecule has 18 heteroatoms. The van der Waals surface area contributed by atoms with Crippen LogP contribution in [0.2, 0.25) is 0 Å². The number of hydrogen-bond acceptors (Lipinski definition) is 18. The van der Waals surface area contributed by atoms with Crippen LogP contribution in [0.3, 0.4) is 0 Å². The summed E-state index contributed by atoms with van der Waals surface area (Å²) in [5, 5.41) is 83.8. The Hall–Kier alpha value is -2.97. The van der Waals surface area contributed by atoms with Gasteiger partial charge in [0, 0.05) is 64.2 Å². The Morgan fingerprint density at radius 3 is 1.17 bits per heavy atom. The Morgan fingerprint density at radius 1 is 0.347 bits per heavy atom. The average molecular weight is 1420 g/mol. The van der Waals surface area contributed by atoms with E-state index in [0.717, 1.165) is 119 Å². The molecule has 0 spiro atoms. The fourth-order valence-corrected chi connectivity index (χ4v) is 25.1. The third kappa shape index (κ3) is 15.7. The van der Waals surface area contributed by atoms with Gasteiger partial charge in [-0.05, 0) is 281 Å². The third-order valence-corrected chi connectivity index (χ3v) is 30.5. The lowest BCUT2D eigenvalue weighted by Crippen LogP contribution is -2.72. The summed E-state index contributed by atoms with van der Waals surface area (Å²) in [4.78, 5) is 60.4. The Balaban J connectivity index is 0.000000125. The number of hydrogen-bond donors (Lipinski definition) is 8. The lowest BCUT2D eigenvalue weighted by atomic mass is 9.48. The van der Waals surface area contributed by atoms with E-state index in [9.17, 15) is 64.8 Å². The van der Waals surface area contributed by atoms with Gasteiger partial charge in [-0.2, -0.15) is 0 Å². The van der Waals surface area contributed by atoms with Crippen molar-refractivity contribution in [2.24, 2.45) is 104 Å². The Morgan fingerprint density at radius 2 is 0.703 bits per heavy atom. The summed E-state index contributed by atoms with van der Waals surface area (Å²) in [5.41, 5.74) is -9.75. The maximum Gasteiger partial charge on any atom is 0.312 e. The Labute approximate surface area is 604 Å². The lowest BCUT2D eigenvalue weighted by Gasteiger charge is -2.65. The minimum atomic E-state index is -1.13. The molecule has 0 aliphatic heterocycles. The van der Waals surface area contributed by atoms with Crippen LogP contribution in [0.5, 0.6) is 0 Å². The van der Waals surface area contributed by atoms with Gasteiger partial charge in [-0.15, -0.1) is 0 Å². The highest BCUT2D eigenvalue weighted by Crippen LogP contribution is 2.69. The van der Waals surface area contributed by atoms with Crippen LogP contribution < -0.4 is 0 Å². The maximum absolute atomic E-state index is 12.4. The van der Waals surface area contributed by atoms with Gasteiger partial charge in [0.1, 0.15) is 22.9 Å². The quantitative estimate of drug-likeness (QED) is 0.0455. The molecule has 0 amide bonds. The van der Waals surface area contributed by atoms with E-state index in [4.69, 9.17) is 18.9 Å². The molecule has 19 fully saturated rings. The van der Waals surface area contributed by atoms with Crippen molar-refractivity contribution in [3.63, 3.8) is 0 Å². The van der Waals surface area contributed by atoms with Gasteiger partial charge < -0.3 is 64.5 Å². The molecule has 18 bridgehead atoms. The number of ether oxygens (including phenoxy) is 5. The van der Waals surface area contributed by atoms with Crippen LogP contribution in [0, 0.1) is 104 Å². The Kier molecular flexibility index (Phi) is 21.4. The molecule has 19 rings (SSSR count). The smallest absolute Gasteiger partial charge is 0.312 e. The van der Waals surface area contributed by atoms with E-state index in [1.807, 2.05) is 96.9 Å². The van der Waals surface area contributed by atoms with Gasteiger partial charge in [-0.25, -0.2) is 0 Å². The molecule has 0 heterocycles. The van der Waals surface area contributed by atoms with E-state index in [2.05, 4.69) is 11.7 Å². The number of carbonyl (C=O) groups is 5. The first-order valence-corrected chi connectivity index (χ1v) is 40.3. The molecule has 101 heavy (non-hydrogen) atoms. The summed E-state index contributed by atoms with van der Waals surface area (Å²) in [6, 6.07) is 0. The van der Waals surface area contributed by atoms with E-state index < -0.39 is 61.1 Å². The molecular formula is C83H136O18. The topological polar surface area (TPSA) is 293 Å². The molecule has 0 aromatic carbocycles. The summed E-state index contributed by atoms with van der Waals surface area (Å²) >= 11 is 0. The van der Waals surface area contributed by atoms with Gasteiger partial charge in [-0.3, -0.25) is 24.0 Å². The van der Waals surface area contributed by atoms with Crippen molar-refractivity contribution in [1.82, 2.24) is 0 Å². The van der Waals surface area contributed by atoms with E-state index in [1.165, 1.54) is 52.1 Å². The van der Waals surface area contributed by atoms with Crippen LogP contribution in [0.4, 0.5) is 0 Å². The van der Waals surface area contributed by atoms with Gasteiger partial charge in [0.2, 0.25) is 0 Å². The lowest BCUT2D eigenvalue weighted by molar-refractivity contribution is -0.302. The summed E-state index contributed by atoms with van der Waals surface area (Å²) in [5.74, 6) is 8.26. The average Bonchev–Trinajstić information content (AvgIpc) is 1.66. The van der Waals surface area contributed by atoms with Gasteiger partial charge in [0.15, 0.2) is 0 Å². The fourth-order valence-electron chi connectivity index (χ4n) is 25.1. The summed E-state index contributed by atoms with van der Waals surface area (Å²) < 4.78 is 28.1. The highest BCUT2D eigenvalue weighted by atomic mass is 16.6. The van der Waals surface area contributed by atoms with Crippen molar-refractivity contribution in [1.29, 1.82) is 0 Å². The Bertz CT molecular complexity index is 2970. The molecule has 0 aromatic rings. The van der Waals surface area contributed by atoms with Gasteiger partial charge in [0.05, 0.1) is 80.0 Å². The monoisotopic (exact) mass is 1420 g/mol. The molecule has 19 aliphatic carbocycles. The minimum absolute atomic E-state index is 0.0118. The van der Waals surface area contributed by atoms with Crippen LogP contribution in [0.25, 0.3) is 0 Å². The van der Waals surface area contributed by atoms with E-state index in [1.54, 1.807) is 0 Å². The summed E-state index contributed by atoms with van der Waals surface area (Å²) in [7, 11) is 1.42.